The molecule has 2 atom stereocenters. The summed E-state index contributed by atoms with van der Waals surface area (Å²) in [5.41, 5.74) is 20.6. The Morgan fingerprint density at radius 3 is 1.01 bits per heavy atom. The van der Waals surface area contributed by atoms with Crippen molar-refractivity contribution in [2.45, 2.75) is 312 Å². The Hall–Kier alpha value is -11.5. The van der Waals surface area contributed by atoms with Gasteiger partial charge in [0.2, 0.25) is 0 Å². The molecule has 15 rings (SSSR count). The van der Waals surface area contributed by atoms with Crippen LogP contribution in [-0.4, -0.2) is 76.5 Å². The predicted octanol–water partition coefficient (Wildman–Crippen LogP) is 35.0. The van der Waals surface area contributed by atoms with E-state index >= 15 is 0 Å². The molecule has 0 saturated carbocycles. The number of benzene rings is 8. The quantitative estimate of drug-likeness (QED) is 0.0126. The lowest BCUT2D eigenvalue weighted by Gasteiger charge is -2.19. The zero-order valence-corrected chi connectivity index (χ0v) is 89.1. The van der Waals surface area contributed by atoms with Crippen molar-refractivity contribution in [3.63, 3.8) is 0 Å². The number of aryl methyl sites for hydroxylation is 2. The van der Waals surface area contributed by atoms with Gasteiger partial charge in [0.05, 0.1) is 73.5 Å². The van der Waals surface area contributed by atoms with Crippen LogP contribution in [0.1, 0.15) is 399 Å². The summed E-state index contributed by atoms with van der Waals surface area (Å²) in [5.74, 6) is 32.5. The van der Waals surface area contributed by atoms with Crippen LogP contribution in [0, 0.1) is 61.2 Å². The largest absolute Gasteiger partial charge is 0.493 e. The van der Waals surface area contributed by atoms with Crippen LogP contribution in [0.25, 0.3) is 102 Å². The number of aromatic amines is 2. The summed E-state index contributed by atoms with van der Waals surface area (Å²) in [6, 6.07) is 52.2. The Kier molecular flexibility index (Phi) is 39.3. The number of hydrogen-bond acceptors (Lipinski definition) is 10. The number of thioether (sulfide) groups is 2. The topological polar surface area (TPSA) is 116 Å². The fourth-order valence-electron chi connectivity index (χ4n) is 20.6. The van der Waals surface area contributed by atoms with Gasteiger partial charge in [-0.15, -0.1) is 0 Å². The molecule has 7 heterocycles. The molecule has 2 saturated heterocycles. The van der Waals surface area contributed by atoms with E-state index in [1.807, 2.05) is 26.0 Å². The molecule has 2 amide bonds. The van der Waals surface area contributed by atoms with Crippen molar-refractivity contribution in [3.8, 4) is 58.9 Å². The van der Waals surface area contributed by atoms with Gasteiger partial charge < -0.3 is 19.4 Å². The number of ether oxygens (including phenoxy) is 2. The van der Waals surface area contributed by atoms with Crippen LogP contribution < -0.4 is 9.47 Å². The Morgan fingerprint density at radius 1 is 0.331 bits per heavy atom. The van der Waals surface area contributed by atoms with Gasteiger partial charge >= 0.3 is 0 Å². The lowest BCUT2D eigenvalue weighted by atomic mass is 9.87. The molecule has 734 valence electrons. The van der Waals surface area contributed by atoms with Gasteiger partial charge in [0.15, 0.2) is 0 Å². The first-order valence-corrected chi connectivity index (χ1v) is 56.3. The molecule has 4 aliphatic heterocycles. The summed E-state index contributed by atoms with van der Waals surface area (Å²) in [6.45, 7) is 24.0. The molecule has 10 nitrogen and oxygen atoms in total. The normalized spacial score (nSPS) is 13.9. The summed E-state index contributed by atoms with van der Waals surface area (Å²) >= 11 is 14.1. The van der Waals surface area contributed by atoms with Gasteiger partial charge in [0.1, 0.15) is 20.1 Å². The second-order valence-electron chi connectivity index (χ2n) is 39.0. The first-order chi connectivity index (χ1) is 69.6. The number of amides is 2. The Labute approximate surface area is 865 Å². The zero-order chi connectivity index (χ0) is 99.1. The Bertz CT molecular complexity index is 6860. The lowest BCUT2D eigenvalue weighted by Crippen LogP contribution is -2.27. The van der Waals surface area contributed by atoms with Gasteiger partial charge in [0.25, 0.3) is 11.8 Å². The molecule has 2 N–H and O–H groups in total. The zero-order valence-electron chi connectivity index (χ0n) is 85.8. The number of likely N-dealkylation sites (N-methyl/N-ethyl adjacent to an activating group) is 2. The molecule has 8 aromatic carbocycles. The number of fused-ring (bicyclic) bond motifs is 12. The van der Waals surface area contributed by atoms with Crippen molar-refractivity contribution >= 4 is 170 Å². The minimum absolute atomic E-state index is 0.0653. The van der Waals surface area contributed by atoms with E-state index in [9.17, 15) is 9.59 Å². The average molecular weight is 1960 g/mol. The van der Waals surface area contributed by atoms with E-state index in [1.54, 1.807) is 9.80 Å². The highest BCUT2D eigenvalue weighted by Gasteiger charge is 2.34. The van der Waals surface area contributed by atoms with E-state index in [0.717, 1.165) is 245 Å². The molecule has 3 aromatic heterocycles. The van der Waals surface area contributed by atoms with E-state index in [0.29, 0.717) is 56.3 Å². The first kappa shape index (κ1) is 105. The molecular weight excluding hydrogens is 1810 g/mol. The maximum absolute atomic E-state index is 13.7. The summed E-state index contributed by atoms with van der Waals surface area (Å²) in [7, 11) is 0. The van der Waals surface area contributed by atoms with Crippen molar-refractivity contribution in [3.05, 3.63) is 256 Å². The predicted molar refractivity (Wildman–Crippen MR) is 616 cm³/mol. The Morgan fingerprint density at radius 2 is 0.641 bits per heavy atom. The number of aromatic nitrogens is 4. The van der Waals surface area contributed by atoms with Crippen LogP contribution in [0.4, 0.5) is 0 Å². The molecule has 0 aliphatic carbocycles. The third kappa shape index (κ3) is 26.2. The Balaban J connectivity index is 0.920. The van der Waals surface area contributed by atoms with Crippen molar-refractivity contribution in [1.82, 2.24) is 29.7 Å². The number of thiocarbonyl (C=S) groups is 2. The highest BCUT2D eigenvalue weighted by Crippen LogP contribution is 2.44. The molecule has 0 radical (unpaired) electrons. The highest BCUT2D eigenvalue weighted by molar-refractivity contribution is 8.27. The maximum atomic E-state index is 13.7. The van der Waals surface area contributed by atoms with E-state index < -0.39 is 0 Å². The molecule has 142 heavy (non-hydrogen) atoms. The molecule has 14 heteroatoms. The molecule has 4 aliphatic rings. The first-order valence-electron chi connectivity index (χ1n) is 53.8. The fraction of sp³-hybridized carbons (Fsp3) is 0.406. The van der Waals surface area contributed by atoms with Crippen molar-refractivity contribution in [2.75, 3.05) is 26.3 Å². The van der Waals surface area contributed by atoms with Crippen molar-refractivity contribution in [2.24, 2.45) is 0 Å². The summed E-state index contributed by atoms with van der Waals surface area (Å²) in [4.78, 5) is 52.3. The highest BCUT2D eigenvalue weighted by atomic mass is 32.2. The van der Waals surface area contributed by atoms with Crippen molar-refractivity contribution in [1.29, 1.82) is 0 Å². The third-order valence-electron chi connectivity index (χ3n) is 28.6. The van der Waals surface area contributed by atoms with Crippen LogP contribution in [-0.2, 0) is 9.59 Å². The molecule has 8 bridgehead atoms. The smallest absolute Gasteiger partial charge is 0.266 e. The number of nitrogens with zero attached hydrogens (tertiary/aromatic N) is 4. The summed E-state index contributed by atoms with van der Waals surface area (Å²) < 4.78 is 14.7. The van der Waals surface area contributed by atoms with Crippen LogP contribution in [0.3, 0.4) is 0 Å². The molecule has 2 fully saturated rings. The second kappa shape index (κ2) is 53.2. The fourth-order valence-corrected chi connectivity index (χ4v) is 23.4. The van der Waals surface area contributed by atoms with E-state index in [-0.39, 0.29) is 23.7 Å². The monoisotopic (exact) mass is 1960 g/mol. The number of rotatable bonds is 46. The van der Waals surface area contributed by atoms with E-state index in [1.165, 1.54) is 176 Å². The number of H-pyrrole nitrogens is 2. The second-order valence-corrected chi connectivity index (χ2v) is 42.3. The molecular formula is C128H144N6O4S4. The average Bonchev–Trinajstić information content (AvgIpc) is 1.41. The van der Waals surface area contributed by atoms with Gasteiger partial charge in [-0.2, -0.15) is 0 Å². The summed E-state index contributed by atoms with van der Waals surface area (Å²) in [6.07, 6.45) is 54.6. The molecule has 11 aromatic rings. The van der Waals surface area contributed by atoms with Gasteiger partial charge in [-0.25, -0.2) is 9.97 Å². The van der Waals surface area contributed by atoms with Crippen molar-refractivity contribution < 1.29 is 19.1 Å². The van der Waals surface area contributed by atoms with Crippen LogP contribution in [0.5, 0.6) is 11.5 Å². The standard InChI is InChI=1S/C128H144N6O4S4/c1-11-19-25-31-35-41-55-91(53-39-29-23-15-5)123-115-77-73-111(129-115)109(71-69-107-101-61-47-43-57-97(101)105(98-58-44-48-62-102(98)107)67-65-93-85-120(138-82-52-38-34-28-22-14-4)96(84-89(93)9)88-122-126(136)134(18-8)128(140)142-122)112-74-78-116(130-112)124(92(54-40-30-24-16-6)56-42-36-32-26-20-12-2)118-80-76-114(132-118)110(113-75-79-117(123)131-113)72-70-108-103-63-49-45-59-99(103)106(100-60-46-50-64-104(100)108)68-66-94-83-90(10)95(87-121-125(135)133(17-7)127(139)141-121)86-119(94)137-81-51-37-33-27-21-13-3/h43-50,57-64,73-80,83-88,91-92,129,132H,11-42,51-56,81-82H2,1-10H3/b111-109?,112-109?,113-110?,114-110?,121-87-,122-88-,123-115?,123-117?,124-116?,124-118?. The van der Waals surface area contributed by atoms with Crippen LogP contribution in [0.15, 0.2) is 155 Å². The number of hydrogen-bond donors (Lipinski definition) is 2. The van der Waals surface area contributed by atoms with E-state index in [2.05, 4.69) is 283 Å². The van der Waals surface area contributed by atoms with Crippen LogP contribution in [0.2, 0.25) is 0 Å². The van der Waals surface area contributed by atoms with E-state index in [4.69, 9.17) is 43.9 Å². The minimum atomic E-state index is -0.0741. The van der Waals surface area contributed by atoms with Crippen LogP contribution >= 0.6 is 48.0 Å². The molecule has 0 spiro atoms. The maximum Gasteiger partial charge on any atom is 0.266 e. The summed E-state index contributed by atoms with van der Waals surface area (Å²) in [5, 5.41) is 8.10. The van der Waals surface area contributed by atoms with Gasteiger partial charge in [-0.05, 0) is 223 Å². The SMILES string of the molecule is CCCCCCCCOc1cc(/C=C2\SC(=S)N(CC)C2=O)c(C)cc1C#Cc1c2ccccc2c(C#Cc2c3nc(c(C(CCCCCC)CCCCCCCC)c4ccc([nH]4)c(C#Cc4c5ccccc5c(C#Cc5cc(OCCCCCCCC)c(/C=C6\SC(=S)N(CC)C6=O)cc5C)c5ccccc45)c4nc(c(C(CCCCCC)CCCCCCCC)c5ccc2[nH]5)C=C4)C=C3)c2ccccc12. The number of carbonyl (C=O) groups is 2. The number of nitrogens with one attached hydrogen (secondary N) is 2. The van der Waals surface area contributed by atoms with Gasteiger partial charge in [-0.3, -0.25) is 19.4 Å². The number of carbonyl (C=O) groups excluding carboxylic acids is 2. The van der Waals surface area contributed by atoms with Gasteiger partial charge in [0, 0.05) is 68.6 Å². The molecule has 2 unspecified atom stereocenters. The number of unbranched alkanes of at least 4 members (excludes halogenated alkanes) is 26. The minimum Gasteiger partial charge on any atom is -0.493 e. The lowest BCUT2D eigenvalue weighted by molar-refractivity contribution is -0.122. The third-order valence-corrected chi connectivity index (χ3v) is 31.4. The van der Waals surface area contributed by atoms with Gasteiger partial charge in [-0.1, -0.05) is 427 Å².